The number of benzene rings is 2. The quantitative estimate of drug-likeness (QED) is 0.395. The zero-order valence-electron chi connectivity index (χ0n) is 16.4. The number of nitro groups is 1. The zero-order chi connectivity index (χ0) is 21.3. The van der Waals surface area contributed by atoms with Crippen molar-refractivity contribution in [2.75, 3.05) is 20.2 Å². The highest BCUT2D eigenvalue weighted by atomic mass is 16.6. The van der Waals surface area contributed by atoms with E-state index in [-0.39, 0.29) is 18.2 Å². The highest BCUT2D eigenvalue weighted by Crippen LogP contribution is 2.32. The van der Waals surface area contributed by atoms with Crippen LogP contribution in [0.25, 0.3) is 0 Å². The Morgan fingerprint density at radius 3 is 2.40 bits per heavy atom. The summed E-state index contributed by atoms with van der Waals surface area (Å²) in [5.74, 6) is 1.07. The molecular weight excluding hydrogens is 386 g/mol. The highest BCUT2D eigenvalue weighted by Gasteiger charge is 2.13. The van der Waals surface area contributed by atoms with Gasteiger partial charge in [-0.1, -0.05) is 18.2 Å². The summed E-state index contributed by atoms with van der Waals surface area (Å²) in [4.78, 5) is 28.5. The molecule has 1 heterocycles. The van der Waals surface area contributed by atoms with Gasteiger partial charge in [0, 0.05) is 44.0 Å². The van der Waals surface area contributed by atoms with Gasteiger partial charge >= 0.3 is 0 Å². The largest absolute Gasteiger partial charge is 0.480 e. The van der Waals surface area contributed by atoms with Gasteiger partial charge in [0.1, 0.15) is 5.75 Å². The van der Waals surface area contributed by atoms with Crippen molar-refractivity contribution in [2.45, 2.75) is 6.42 Å². The predicted molar refractivity (Wildman–Crippen MR) is 111 cm³/mol. The molecule has 0 saturated carbocycles. The fraction of sp³-hybridized carbons (Fsp3) is 0.182. The second kappa shape index (κ2) is 10.0. The summed E-state index contributed by atoms with van der Waals surface area (Å²) < 4.78 is 11.4. The Hall–Kier alpha value is -3.94. The lowest BCUT2D eigenvalue weighted by molar-refractivity contribution is -0.384. The minimum atomic E-state index is -0.475. The van der Waals surface area contributed by atoms with Gasteiger partial charge in [-0.15, -0.1) is 0 Å². The number of ether oxygens (including phenoxy) is 2. The van der Waals surface area contributed by atoms with Crippen molar-refractivity contribution in [2.24, 2.45) is 0 Å². The van der Waals surface area contributed by atoms with E-state index < -0.39 is 4.92 Å². The van der Waals surface area contributed by atoms with Gasteiger partial charge in [0.05, 0.1) is 4.92 Å². The Balaban J connectivity index is 1.56. The third-order valence-electron chi connectivity index (χ3n) is 4.33. The maximum atomic E-state index is 12.4. The SMILES string of the molecule is CN(CCc1ccccn1)C(=O)COc1ccccc1Oc1ccc([N+](=O)[O-])cc1. The van der Waals surface area contributed by atoms with Crippen molar-refractivity contribution in [1.29, 1.82) is 0 Å². The molecule has 0 aliphatic heterocycles. The molecule has 0 radical (unpaired) electrons. The topological polar surface area (TPSA) is 94.8 Å². The number of aromatic nitrogens is 1. The normalized spacial score (nSPS) is 10.3. The van der Waals surface area contributed by atoms with E-state index in [4.69, 9.17) is 9.47 Å². The van der Waals surface area contributed by atoms with Crippen molar-refractivity contribution in [3.05, 3.63) is 88.7 Å². The minimum absolute atomic E-state index is 0.0220. The molecule has 8 nitrogen and oxygen atoms in total. The summed E-state index contributed by atoms with van der Waals surface area (Å²) >= 11 is 0. The van der Waals surface area contributed by atoms with Gasteiger partial charge in [-0.3, -0.25) is 19.9 Å². The van der Waals surface area contributed by atoms with Crippen molar-refractivity contribution in [3.8, 4) is 17.2 Å². The number of nitro benzene ring substituents is 1. The molecule has 1 aromatic heterocycles. The second-order valence-corrected chi connectivity index (χ2v) is 6.47. The van der Waals surface area contributed by atoms with Crippen LogP contribution in [-0.4, -0.2) is 40.9 Å². The molecule has 8 heteroatoms. The van der Waals surface area contributed by atoms with E-state index >= 15 is 0 Å². The lowest BCUT2D eigenvalue weighted by Gasteiger charge is -2.18. The molecule has 0 N–H and O–H groups in total. The second-order valence-electron chi connectivity index (χ2n) is 6.47. The smallest absolute Gasteiger partial charge is 0.269 e. The first-order valence-corrected chi connectivity index (χ1v) is 9.31. The molecule has 30 heavy (non-hydrogen) atoms. The molecule has 3 rings (SSSR count). The fourth-order valence-electron chi connectivity index (χ4n) is 2.62. The number of likely N-dealkylation sites (N-methyl/N-ethyl adjacent to an activating group) is 1. The van der Waals surface area contributed by atoms with Crippen LogP contribution in [0.5, 0.6) is 17.2 Å². The molecule has 0 bridgehead atoms. The number of para-hydroxylation sites is 2. The van der Waals surface area contributed by atoms with Crippen LogP contribution in [0.2, 0.25) is 0 Å². The predicted octanol–water partition coefficient (Wildman–Crippen LogP) is 3.86. The van der Waals surface area contributed by atoms with Gasteiger partial charge in [0.25, 0.3) is 11.6 Å². The van der Waals surface area contributed by atoms with E-state index in [1.54, 1.807) is 42.4 Å². The summed E-state index contributed by atoms with van der Waals surface area (Å²) in [5, 5.41) is 10.8. The molecule has 3 aromatic rings. The first kappa shape index (κ1) is 20.8. The van der Waals surface area contributed by atoms with Gasteiger partial charge in [0.15, 0.2) is 18.1 Å². The monoisotopic (exact) mass is 407 g/mol. The van der Waals surface area contributed by atoms with Crippen LogP contribution >= 0.6 is 0 Å². The molecule has 154 valence electrons. The van der Waals surface area contributed by atoms with Crippen LogP contribution in [0.3, 0.4) is 0 Å². The van der Waals surface area contributed by atoms with Crippen LogP contribution in [0.1, 0.15) is 5.69 Å². The van der Waals surface area contributed by atoms with Gasteiger partial charge in [-0.2, -0.15) is 0 Å². The zero-order valence-corrected chi connectivity index (χ0v) is 16.4. The fourth-order valence-corrected chi connectivity index (χ4v) is 2.62. The lowest BCUT2D eigenvalue weighted by atomic mass is 10.2. The number of nitrogens with zero attached hydrogens (tertiary/aromatic N) is 3. The van der Waals surface area contributed by atoms with Crippen molar-refractivity contribution in [3.63, 3.8) is 0 Å². The summed E-state index contributed by atoms with van der Waals surface area (Å²) in [6.45, 7) is 0.388. The van der Waals surface area contributed by atoms with Crippen molar-refractivity contribution in [1.82, 2.24) is 9.88 Å². The van der Waals surface area contributed by atoms with Gasteiger partial charge in [-0.05, 0) is 36.4 Å². The number of rotatable bonds is 9. The number of non-ortho nitro benzene ring substituents is 1. The first-order valence-electron chi connectivity index (χ1n) is 9.31. The van der Waals surface area contributed by atoms with E-state index in [9.17, 15) is 14.9 Å². The molecule has 0 aliphatic rings. The third kappa shape index (κ3) is 5.78. The standard InChI is InChI=1S/C22H21N3O5/c1-24(15-13-17-6-4-5-14-23-17)22(26)16-29-20-7-2-3-8-21(20)30-19-11-9-18(10-12-19)25(27)28/h2-12,14H,13,15-16H2,1H3. The molecule has 0 unspecified atom stereocenters. The third-order valence-corrected chi connectivity index (χ3v) is 4.33. The van der Waals surface area contributed by atoms with Crippen LogP contribution in [0, 0.1) is 10.1 Å². The summed E-state index contributed by atoms with van der Waals surface area (Å²) in [6, 6.07) is 18.3. The maximum Gasteiger partial charge on any atom is 0.269 e. The Kier molecular flexibility index (Phi) is 6.94. The molecule has 2 aromatic carbocycles. The van der Waals surface area contributed by atoms with E-state index in [1.165, 1.54) is 24.3 Å². The van der Waals surface area contributed by atoms with E-state index in [2.05, 4.69) is 4.98 Å². The van der Waals surface area contributed by atoms with Crippen LogP contribution in [0.15, 0.2) is 72.9 Å². The van der Waals surface area contributed by atoms with Crippen molar-refractivity contribution >= 4 is 11.6 Å². The number of carbonyl (C=O) groups is 1. The first-order chi connectivity index (χ1) is 14.5. The van der Waals surface area contributed by atoms with Crippen LogP contribution in [0.4, 0.5) is 5.69 Å². The average molecular weight is 407 g/mol. The summed E-state index contributed by atoms with van der Waals surface area (Å²) in [5.41, 5.74) is 0.895. The summed E-state index contributed by atoms with van der Waals surface area (Å²) in [6.07, 6.45) is 2.38. The molecule has 0 spiro atoms. The number of hydrogen-bond acceptors (Lipinski definition) is 6. The Morgan fingerprint density at radius 1 is 1.03 bits per heavy atom. The average Bonchev–Trinajstić information content (AvgIpc) is 2.77. The number of amides is 1. The number of pyridine rings is 1. The molecule has 0 saturated heterocycles. The van der Waals surface area contributed by atoms with Crippen LogP contribution in [-0.2, 0) is 11.2 Å². The van der Waals surface area contributed by atoms with E-state index in [0.717, 1.165) is 5.69 Å². The van der Waals surface area contributed by atoms with Gasteiger partial charge in [0.2, 0.25) is 0 Å². The van der Waals surface area contributed by atoms with E-state index in [1.807, 2.05) is 18.2 Å². The van der Waals surface area contributed by atoms with Gasteiger partial charge < -0.3 is 14.4 Å². The molecule has 0 atom stereocenters. The number of carbonyl (C=O) groups excluding carboxylic acids is 1. The minimum Gasteiger partial charge on any atom is -0.480 e. The van der Waals surface area contributed by atoms with Crippen LogP contribution < -0.4 is 9.47 Å². The Morgan fingerprint density at radius 2 is 1.73 bits per heavy atom. The Labute approximate surface area is 173 Å². The summed E-state index contributed by atoms with van der Waals surface area (Å²) in [7, 11) is 1.72. The number of hydrogen-bond donors (Lipinski definition) is 0. The Bertz CT molecular complexity index is 993. The highest BCUT2D eigenvalue weighted by molar-refractivity contribution is 5.77. The molecule has 1 amide bonds. The maximum absolute atomic E-state index is 12.4. The van der Waals surface area contributed by atoms with Crippen molar-refractivity contribution < 1.29 is 19.2 Å². The molecule has 0 fully saturated rings. The molecule has 0 aliphatic carbocycles. The molecular formula is C22H21N3O5. The van der Waals surface area contributed by atoms with Gasteiger partial charge in [-0.25, -0.2) is 0 Å². The lowest BCUT2D eigenvalue weighted by Crippen LogP contribution is -2.33. The van der Waals surface area contributed by atoms with E-state index in [0.29, 0.717) is 30.2 Å².